The minimum atomic E-state index is -5.08. The molecule has 0 spiro atoms. The van der Waals surface area contributed by atoms with Crippen LogP contribution in [0, 0.1) is 11.7 Å². The van der Waals surface area contributed by atoms with Gasteiger partial charge in [0, 0.05) is 32.5 Å². The minimum Gasteiger partial charge on any atom is -0.494 e. The second-order valence-corrected chi connectivity index (χ2v) is 9.27. The zero-order chi connectivity index (χ0) is 30.4. The van der Waals surface area contributed by atoms with Crippen LogP contribution in [0.25, 0.3) is 0 Å². The maximum Gasteiger partial charge on any atom is 0.490 e. The first-order chi connectivity index (χ1) is 19.4. The first kappa shape index (κ1) is 33.2. The average molecular weight is 584 g/mol. The van der Waals surface area contributed by atoms with Gasteiger partial charge in [-0.3, -0.25) is 14.9 Å². The molecule has 1 saturated heterocycles. The van der Waals surface area contributed by atoms with Gasteiger partial charge in [0.25, 0.3) is 0 Å². The number of nitrogens with one attached hydrogen (secondary N) is 1. The Kier molecular flexibility index (Phi) is 13.2. The van der Waals surface area contributed by atoms with Crippen LogP contribution in [-0.2, 0) is 32.0 Å². The molecule has 1 aliphatic heterocycles. The van der Waals surface area contributed by atoms with Crippen molar-refractivity contribution in [2.24, 2.45) is 16.6 Å². The Hall–Kier alpha value is -4.00. The molecule has 1 fully saturated rings. The van der Waals surface area contributed by atoms with Gasteiger partial charge in [-0.2, -0.15) is 13.2 Å². The number of aliphatic imine (C=N–C) groups is 1. The molecule has 1 amide bonds. The highest BCUT2D eigenvalue weighted by Crippen LogP contribution is 2.20. The first-order valence-electron chi connectivity index (χ1n) is 12.8. The molecule has 3 rings (SSSR count). The van der Waals surface area contributed by atoms with Crippen molar-refractivity contribution >= 4 is 23.6 Å². The number of nitrogens with zero attached hydrogens (tertiary/aromatic N) is 1. The van der Waals surface area contributed by atoms with Crippen molar-refractivity contribution in [1.29, 1.82) is 0 Å². The van der Waals surface area contributed by atoms with E-state index in [1.807, 2.05) is 30.3 Å². The third-order valence-electron chi connectivity index (χ3n) is 6.14. The Labute approximate surface area is 234 Å². The van der Waals surface area contributed by atoms with Crippen LogP contribution in [0.1, 0.15) is 36.8 Å². The Bertz CT molecular complexity index is 1190. The third-order valence-corrected chi connectivity index (χ3v) is 6.14. The van der Waals surface area contributed by atoms with Crippen LogP contribution < -0.4 is 15.8 Å². The summed E-state index contributed by atoms with van der Waals surface area (Å²) in [6.07, 6.45) is -2.08. The quantitative estimate of drug-likeness (QED) is 0.219. The summed E-state index contributed by atoms with van der Waals surface area (Å²) in [6.45, 7) is 1.32. The van der Waals surface area contributed by atoms with Gasteiger partial charge in [-0.1, -0.05) is 36.4 Å². The maximum atomic E-state index is 13.7. The van der Waals surface area contributed by atoms with Crippen molar-refractivity contribution in [2.45, 2.75) is 50.7 Å². The van der Waals surface area contributed by atoms with Gasteiger partial charge >= 0.3 is 12.1 Å². The van der Waals surface area contributed by atoms with Gasteiger partial charge in [-0.15, -0.1) is 0 Å². The molecule has 0 bridgehead atoms. The number of amides is 1. The van der Waals surface area contributed by atoms with E-state index < -0.39 is 24.0 Å². The number of nitrogens with two attached hydrogens (primary N) is 1. The van der Waals surface area contributed by atoms with E-state index in [0.29, 0.717) is 32.5 Å². The van der Waals surface area contributed by atoms with E-state index in [9.17, 15) is 27.2 Å². The molecule has 0 unspecified atom stereocenters. The molecule has 9 nitrogen and oxygen atoms in total. The van der Waals surface area contributed by atoms with Crippen molar-refractivity contribution in [3.05, 3.63) is 65.5 Å². The fraction of sp³-hybridized carbons (Fsp3) is 0.429. The summed E-state index contributed by atoms with van der Waals surface area (Å²) < 4.78 is 55.8. The van der Waals surface area contributed by atoms with Crippen LogP contribution in [0.5, 0.6) is 5.75 Å². The minimum absolute atomic E-state index is 0.0604. The monoisotopic (exact) mass is 583 g/mol. The Morgan fingerprint density at radius 1 is 1.12 bits per heavy atom. The second-order valence-electron chi connectivity index (χ2n) is 9.27. The highest BCUT2D eigenvalue weighted by Gasteiger charge is 2.38. The van der Waals surface area contributed by atoms with Gasteiger partial charge in [0.1, 0.15) is 6.04 Å². The van der Waals surface area contributed by atoms with Crippen LogP contribution in [-0.4, -0.2) is 61.3 Å². The van der Waals surface area contributed by atoms with E-state index in [4.69, 9.17) is 25.1 Å². The Morgan fingerprint density at radius 2 is 1.76 bits per heavy atom. The van der Waals surface area contributed by atoms with Gasteiger partial charge in [0.15, 0.2) is 23.3 Å². The van der Waals surface area contributed by atoms with Crippen molar-refractivity contribution in [3.63, 3.8) is 0 Å². The van der Waals surface area contributed by atoms with Crippen molar-refractivity contribution in [2.75, 3.05) is 20.3 Å². The molecule has 2 aromatic rings. The summed E-state index contributed by atoms with van der Waals surface area (Å²) in [6, 6.07) is 13.3. The summed E-state index contributed by atoms with van der Waals surface area (Å²) in [7, 11) is 1.40. The number of alkyl halides is 3. The number of aliphatic carboxylic acids is 1. The fourth-order valence-corrected chi connectivity index (χ4v) is 3.97. The SMILES string of the molecule is COc1cc(CCC(=O)[C@@H](Cc2ccccc2)N=C(N)NC(=O)CC2CCOCC2)ccc1F.O=C(O)C(F)(F)F. The number of ether oxygens (including phenoxy) is 2. The Morgan fingerprint density at radius 3 is 2.34 bits per heavy atom. The summed E-state index contributed by atoms with van der Waals surface area (Å²) >= 11 is 0. The van der Waals surface area contributed by atoms with Crippen LogP contribution in [0.3, 0.4) is 0 Å². The lowest BCUT2D eigenvalue weighted by atomic mass is 9.96. The standard InChI is InChI=1S/C26H32FN3O4.C2HF3O2/c1-33-24-16-19(7-9-21(24)27)8-10-23(31)22(15-18-5-3-2-4-6-18)29-26(28)30-25(32)17-20-11-13-34-14-12-20;3-2(4,5)1(6)7/h2-7,9,16,20,22H,8,10-15,17H2,1H3,(H3,28,29,30,32);(H,6,7)/t22-;/m1./s1. The number of ketones is 1. The van der Waals surface area contributed by atoms with Crippen LogP contribution in [0.15, 0.2) is 53.5 Å². The van der Waals surface area contributed by atoms with E-state index in [-0.39, 0.29) is 35.7 Å². The smallest absolute Gasteiger partial charge is 0.490 e. The number of carboxylic acid groups (broad SMARTS) is 1. The van der Waals surface area contributed by atoms with Gasteiger partial charge in [0.2, 0.25) is 5.91 Å². The molecule has 0 aliphatic carbocycles. The zero-order valence-electron chi connectivity index (χ0n) is 22.5. The van der Waals surface area contributed by atoms with Gasteiger partial charge in [-0.05, 0) is 48.4 Å². The maximum absolute atomic E-state index is 13.7. The average Bonchev–Trinajstić information content (AvgIpc) is 2.93. The molecule has 0 saturated carbocycles. The number of Topliss-reactive ketones (excluding diaryl/α,β-unsaturated/α-hetero) is 1. The van der Waals surface area contributed by atoms with E-state index in [1.165, 1.54) is 13.2 Å². The molecule has 1 aliphatic rings. The highest BCUT2D eigenvalue weighted by molar-refractivity contribution is 5.97. The van der Waals surface area contributed by atoms with E-state index >= 15 is 0 Å². The number of methoxy groups -OCH3 is 1. The second kappa shape index (κ2) is 16.3. The number of hydrogen-bond acceptors (Lipinski definition) is 6. The van der Waals surface area contributed by atoms with E-state index in [2.05, 4.69) is 10.3 Å². The number of carboxylic acids is 1. The summed E-state index contributed by atoms with van der Waals surface area (Å²) in [5, 5.41) is 9.76. The normalized spacial score (nSPS) is 14.8. The molecule has 2 aromatic carbocycles. The summed E-state index contributed by atoms with van der Waals surface area (Å²) in [5.41, 5.74) is 7.74. The molecule has 0 aromatic heterocycles. The topological polar surface area (TPSA) is 140 Å². The van der Waals surface area contributed by atoms with Crippen molar-refractivity contribution in [1.82, 2.24) is 5.32 Å². The Balaban J connectivity index is 0.000000745. The lowest BCUT2D eigenvalue weighted by molar-refractivity contribution is -0.192. The first-order valence-corrected chi connectivity index (χ1v) is 12.8. The molecule has 1 heterocycles. The number of halogens is 4. The molecular formula is C28H33F4N3O6. The molecular weight excluding hydrogens is 550 g/mol. The molecule has 1 atom stereocenters. The lowest BCUT2D eigenvalue weighted by Gasteiger charge is -2.21. The molecule has 224 valence electrons. The number of rotatable bonds is 10. The van der Waals surface area contributed by atoms with Crippen molar-refractivity contribution < 1.29 is 46.5 Å². The largest absolute Gasteiger partial charge is 0.494 e. The fourth-order valence-electron chi connectivity index (χ4n) is 3.97. The van der Waals surface area contributed by atoms with Crippen LogP contribution >= 0.6 is 0 Å². The molecule has 41 heavy (non-hydrogen) atoms. The zero-order valence-corrected chi connectivity index (χ0v) is 22.5. The lowest BCUT2D eigenvalue weighted by Crippen LogP contribution is -2.40. The molecule has 4 N–H and O–H groups in total. The molecule has 13 heteroatoms. The van der Waals surface area contributed by atoms with E-state index in [0.717, 1.165) is 24.0 Å². The van der Waals surface area contributed by atoms with Gasteiger partial charge in [-0.25, -0.2) is 14.2 Å². The van der Waals surface area contributed by atoms with Gasteiger partial charge < -0.3 is 20.3 Å². The van der Waals surface area contributed by atoms with E-state index in [1.54, 1.807) is 12.1 Å². The number of carbonyl (C=O) groups excluding carboxylic acids is 2. The number of guanidine groups is 1. The van der Waals surface area contributed by atoms with Crippen LogP contribution in [0.2, 0.25) is 0 Å². The predicted molar refractivity (Wildman–Crippen MR) is 142 cm³/mol. The molecule has 0 radical (unpaired) electrons. The number of benzene rings is 2. The third kappa shape index (κ3) is 12.4. The summed E-state index contributed by atoms with van der Waals surface area (Å²) in [5.74, 6) is -3.20. The van der Waals surface area contributed by atoms with Crippen LogP contribution in [0.4, 0.5) is 17.6 Å². The summed E-state index contributed by atoms with van der Waals surface area (Å²) in [4.78, 5) is 38.7. The van der Waals surface area contributed by atoms with Crippen molar-refractivity contribution in [3.8, 4) is 5.75 Å². The highest BCUT2D eigenvalue weighted by atomic mass is 19.4. The number of carbonyl (C=O) groups is 3. The number of aryl methyl sites for hydroxylation is 1. The van der Waals surface area contributed by atoms with Gasteiger partial charge in [0.05, 0.1) is 7.11 Å². The number of hydrogen-bond donors (Lipinski definition) is 3. The predicted octanol–water partition coefficient (Wildman–Crippen LogP) is 3.83.